The second-order valence-corrected chi connectivity index (χ2v) is 3.86. The normalized spacial score (nSPS) is 10.6. The highest BCUT2D eigenvalue weighted by atomic mass is 15.3. The van der Waals surface area contributed by atoms with E-state index in [1.54, 1.807) is 0 Å². The average Bonchev–Trinajstić information content (AvgIpc) is 2.78. The quantitative estimate of drug-likeness (QED) is 0.828. The van der Waals surface area contributed by atoms with Crippen molar-refractivity contribution in [3.8, 4) is 0 Å². The minimum Gasteiger partial charge on any atom is -0.325 e. The molecule has 0 aliphatic heterocycles. The maximum absolute atomic E-state index is 5.51. The molecule has 0 saturated carbocycles. The van der Waals surface area contributed by atoms with E-state index < -0.39 is 0 Å². The largest absolute Gasteiger partial charge is 0.325 e. The molecule has 0 saturated heterocycles. The number of hydrogen-bond donors (Lipinski definition) is 1. The van der Waals surface area contributed by atoms with E-state index in [0.717, 1.165) is 25.1 Å². The molecule has 0 spiro atoms. The third-order valence-corrected chi connectivity index (χ3v) is 2.60. The molecule has 0 atom stereocenters. The molecule has 0 aliphatic carbocycles. The number of nitrogens with two attached hydrogens (primary N) is 1. The lowest BCUT2D eigenvalue weighted by atomic mass is 10.1. The van der Waals surface area contributed by atoms with E-state index in [1.807, 2.05) is 23.0 Å². The van der Waals surface area contributed by atoms with Gasteiger partial charge in [0.15, 0.2) is 0 Å². The van der Waals surface area contributed by atoms with Crippen LogP contribution in [-0.2, 0) is 19.5 Å². The van der Waals surface area contributed by atoms with Crippen LogP contribution in [0, 0.1) is 0 Å². The maximum Gasteiger partial charge on any atom is 0.0760 e. The summed E-state index contributed by atoms with van der Waals surface area (Å²) >= 11 is 0. The highest BCUT2D eigenvalue weighted by Gasteiger charge is 1.97. The molecule has 1 aromatic heterocycles. The van der Waals surface area contributed by atoms with Crippen molar-refractivity contribution in [2.75, 3.05) is 0 Å². The maximum atomic E-state index is 5.51. The van der Waals surface area contributed by atoms with Gasteiger partial charge in [0, 0.05) is 19.3 Å². The van der Waals surface area contributed by atoms with Crippen LogP contribution in [0.3, 0.4) is 0 Å². The number of nitrogens with zero attached hydrogens (tertiary/aromatic N) is 2. The molecule has 0 amide bonds. The predicted molar refractivity (Wildman–Crippen MR) is 64.9 cm³/mol. The molecule has 2 N–H and O–H groups in total. The lowest BCUT2D eigenvalue weighted by Crippen LogP contribution is -2.03. The first kappa shape index (κ1) is 10.9. The molecule has 1 aromatic carbocycles. The Bertz CT molecular complexity index is 420. The minimum atomic E-state index is 0.520. The van der Waals surface area contributed by atoms with Gasteiger partial charge in [-0.05, 0) is 24.5 Å². The van der Waals surface area contributed by atoms with Crippen LogP contribution >= 0.6 is 0 Å². The van der Waals surface area contributed by atoms with E-state index in [0.29, 0.717) is 6.54 Å². The molecule has 84 valence electrons. The van der Waals surface area contributed by atoms with Crippen LogP contribution < -0.4 is 5.73 Å². The monoisotopic (exact) mass is 215 g/mol. The molecule has 0 aliphatic rings. The van der Waals surface area contributed by atoms with E-state index >= 15 is 0 Å². The van der Waals surface area contributed by atoms with Crippen molar-refractivity contribution in [2.24, 2.45) is 5.73 Å². The van der Waals surface area contributed by atoms with E-state index in [9.17, 15) is 0 Å². The van der Waals surface area contributed by atoms with Gasteiger partial charge in [0.05, 0.1) is 5.69 Å². The molecule has 0 radical (unpaired) electrons. The summed E-state index contributed by atoms with van der Waals surface area (Å²) in [5.74, 6) is 0. The Labute approximate surface area is 95.9 Å². The van der Waals surface area contributed by atoms with E-state index in [1.165, 1.54) is 5.56 Å². The second kappa shape index (κ2) is 5.47. The van der Waals surface area contributed by atoms with Gasteiger partial charge >= 0.3 is 0 Å². The summed E-state index contributed by atoms with van der Waals surface area (Å²) in [5, 5.41) is 4.35. The zero-order valence-electron chi connectivity index (χ0n) is 9.34. The predicted octanol–water partition coefficient (Wildman–Crippen LogP) is 1.97. The van der Waals surface area contributed by atoms with Crippen molar-refractivity contribution >= 4 is 0 Å². The average molecular weight is 215 g/mol. The van der Waals surface area contributed by atoms with Crippen molar-refractivity contribution in [3.63, 3.8) is 0 Å². The van der Waals surface area contributed by atoms with Crippen LogP contribution in [0.15, 0.2) is 42.6 Å². The van der Waals surface area contributed by atoms with Crippen LogP contribution in [0.5, 0.6) is 0 Å². The third kappa shape index (κ3) is 2.94. The topological polar surface area (TPSA) is 43.8 Å². The summed E-state index contributed by atoms with van der Waals surface area (Å²) in [6.07, 6.45) is 4.20. The summed E-state index contributed by atoms with van der Waals surface area (Å²) in [4.78, 5) is 0. The Morgan fingerprint density at radius 2 is 1.94 bits per heavy atom. The smallest absolute Gasteiger partial charge is 0.0760 e. The van der Waals surface area contributed by atoms with E-state index in [4.69, 9.17) is 5.73 Å². The molecule has 3 nitrogen and oxygen atoms in total. The second-order valence-electron chi connectivity index (χ2n) is 3.86. The molecule has 3 heteroatoms. The van der Waals surface area contributed by atoms with Gasteiger partial charge in [-0.3, -0.25) is 4.68 Å². The molecule has 2 aromatic rings. The fourth-order valence-corrected chi connectivity index (χ4v) is 1.73. The summed E-state index contributed by atoms with van der Waals surface area (Å²) < 4.78 is 1.96. The highest BCUT2D eigenvalue weighted by Crippen LogP contribution is 2.04. The van der Waals surface area contributed by atoms with Gasteiger partial charge in [-0.15, -0.1) is 0 Å². The Balaban J connectivity index is 1.80. The van der Waals surface area contributed by atoms with E-state index in [2.05, 4.69) is 29.4 Å². The van der Waals surface area contributed by atoms with Gasteiger partial charge in [-0.2, -0.15) is 5.10 Å². The lowest BCUT2D eigenvalue weighted by molar-refractivity contribution is 0.572. The number of rotatable bonds is 5. The first-order chi connectivity index (χ1) is 7.88. The zero-order chi connectivity index (χ0) is 11.2. The van der Waals surface area contributed by atoms with Gasteiger partial charge in [0.1, 0.15) is 0 Å². The molecule has 0 unspecified atom stereocenters. The SMILES string of the molecule is NCc1ccn(CCCc2ccccc2)n1. The summed E-state index contributed by atoms with van der Waals surface area (Å²) in [5.41, 5.74) is 7.85. The van der Waals surface area contributed by atoms with Gasteiger partial charge in [-0.25, -0.2) is 0 Å². The van der Waals surface area contributed by atoms with Gasteiger partial charge in [0.25, 0.3) is 0 Å². The van der Waals surface area contributed by atoms with E-state index in [-0.39, 0.29) is 0 Å². The Kier molecular flexibility index (Phi) is 3.72. The van der Waals surface area contributed by atoms with Crippen LogP contribution in [0.4, 0.5) is 0 Å². The Morgan fingerprint density at radius 3 is 2.62 bits per heavy atom. The number of aryl methyl sites for hydroxylation is 2. The molecular weight excluding hydrogens is 198 g/mol. The summed E-state index contributed by atoms with van der Waals surface area (Å²) in [6, 6.07) is 12.5. The first-order valence-corrected chi connectivity index (χ1v) is 5.65. The van der Waals surface area contributed by atoms with Gasteiger partial charge in [0.2, 0.25) is 0 Å². The Morgan fingerprint density at radius 1 is 1.12 bits per heavy atom. The molecule has 1 heterocycles. The first-order valence-electron chi connectivity index (χ1n) is 5.65. The van der Waals surface area contributed by atoms with Crippen molar-refractivity contribution in [3.05, 3.63) is 53.9 Å². The lowest BCUT2D eigenvalue weighted by Gasteiger charge is -2.02. The van der Waals surface area contributed by atoms with Crippen LogP contribution in [0.1, 0.15) is 17.7 Å². The molecular formula is C13H17N3. The molecule has 0 fully saturated rings. The highest BCUT2D eigenvalue weighted by molar-refractivity contribution is 5.14. The number of benzene rings is 1. The molecule has 0 bridgehead atoms. The fourth-order valence-electron chi connectivity index (χ4n) is 1.73. The number of aromatic nitrogens is 2. The van der Waals surface area contributed by atoms with Crippen molar-refractivity contribution in [1.29, 1.82) is 0 Å². The zero-order valence-corrected chi connectivity index (χ0v) is 9.34. The van der Waals surface area contributed by atoms with Crippen molar-refractivity contribution in [1.82, 2.24) is 9.78 Å². The fraction of sp³-hybridized carbons (Fsp3) is 0.308. The number of hydrogen-bond acceptors (Lipinski definition) is 2. The molecule has 2 rings (SSSR count). The van der Waals surface area contributed by atoms with Crippen molar-refractivity contribution < 1.29 is 0 Å². The van der Waals surface area contributed by atoms with Gasteiger partial charge in [-0.1, -0.05) is 30.3 Å². The Hall–Kier alpha value is -1.61. The van der Waals surface area contributed by atoms with Gasteiger partial charge < -0.3 is 5.73 Å². The molecule has 16 heavy (non-hydrogen) atoms. The van der Waals surface area contributed by atoms with Crippen LogP contribution in [0.2, 0.25) is 0 Å². The van der Waals surface area contributed by atoms with Crippen LogP contribution in [0.25, 0.3) is 0 Å². The third-order valence-electron chi connectivity index (χ3n) is 2.60. The minimum absolute atomic E-state index is 0.520. The summed E-state index contributed by atoms with van der Waals surface area (Å²) in [6.45, 7) is 1.47. The van der Waals surface area contributed by atoms with Crippen LogP contribution in [-0.4, -0.2) is 9.78 Å². The standard InChI is InChI=1S/C13H17N3/c14-11-13-8-10-16(15-13)9-4-7-12-5-2-1-3-6-12/h1-3,5-6,8,10H,4,7,9,11,14H2. The summed E-state index contributed by atoms with van der Waals surface area (Å²) in [7, 11) is 0. The van der Waals surface area contributed by atoms with Crippen molar-refractivity contribution in [2.45, 2.75) is 25.9 Å².